The number of nitrogens with one attached hydrogen (secondary N) is 1. The molecule has 0 unspecified atom stereocenters. The first-order chi connectivity index (χ1) is 10.2. The summed E-state index contributed by atoms with van der Waals surface area (Å²) >= 11 is 4.41. The van der Waals surface area contributed by atoms with E-state index in [1.165, 1.54) is 12.8 Å². The van der Waals surface area contributed by atoms with Crippen LogP contribution in [-0.4, -0.2) is 28.8 Å². The number of allylic oxidation sites excluding steroid dienone is 1. The molecule has 3 N–H and O–H groups in total. The summed E-state index contributed by atoms with van der Waals surface area (Å²) in [4.78, 5) is 11.7. The van der Waals surface area contributed by atoms with Gasteiger partial charge < -0.3 is 4.98 Å². The van der Waals surface area contributed by atoms with E-state index in [4.69, 9.17) is 5.84 Å². The summed E-state index contributed by atoms with van der Waals surface area (Å²) < 4.78 is 0. The maximum absolute atomic E-state index is 6.10. The summed E-state index contributed by atoms with van der Waals surface area (Å²) in [6.45, 7) is 3.78. The van der Waals surface area contributed by atoms with Gasteiger partial charge in [-0.05, 0) is 50.1 Å². The summed E-state index contributed by atoms with van der Waals surface area (Å²) in [5, 5.41) is 1.56. The van der Waals surface area contributed by atoms with Crippen LogP contribution in [0.1, 0.15) is 31.2 Å². The molecule has 1 fully saturated rings. The van der Waals surface area contributed by atoms with Crippen LogP contribution in [0, 0.1) is 11.8 Å². The van der Waals surface area contributed by atoms with Crippen molar-refractivity contribution in [1.29, 1.82) is 0 Å². The predicted molar refractivity (Wildman–Crippen MR) is 90.7 cm³/mol. The number of aromatic amines is 1. The van der Waals surface area contributed by atoms with Crippen LogP contribution < -0.4 is 5.84 Å². The number of nitrogens with zero attached hydrogens (tertiary/aromatic N) is 3. The molecule has 112 valence electrons. The summed E-state index contributed by atoms with van der Waals surface area (Å²) in [5.74, 6) is 9.04. The second kappa shape index (κ2) is 6.07. The van der Waals surface area contributed by atoms with Crippen LogP contribution in [0.15, 0.2) is 27.9 Å². The highest BCUT2D eigenvalue weighted by Crippen LogP contribution is 2.40. The predicted octanol–water partition coefficient (Wildman–Crippen LogP) is 2.97. The molecule has 5 nitrogen and oxygen atoms in total. The molecule has 0 saturated heterocycles. The highest BCUT2D eigenvalue weighted by Gasteiger charge is 2.28. The van der Waals surface area contributed by atoms with E-state index in [0.717, 1.165) is 47.3 Å². The third-order valence-corrected chi connectivity index (χ3v) is 4.97. The first-order valence-corrected chi connectivity index (χ1v) is 7.95. The molecule has 0 amide bonds. The average molecular weight is 303 g/mol. The van der Waals surface area contributed by atoms with E-state index >= 15 is 0 Å². The second-order valence-corrected chi connectivity index (χ2v) is 6.05. The average Bonchev–Trinajstić information content (AvgIpc) is 2.99. The molecule has 3 rings (SSSR count). The number of H-pyrrole nitrogens is 1. The molecule has 0 atom stereocenters. The van der Waals surface area contributed by atoms with Crippen LogP contribution in [0.3, 0.4) is 0 Å². The van der Waals surface area contributed by atoms with E-state index in [0.29, 0.717) is 5.92 Å². The quantitative estimate of drug-likeness (QED) is 0.456. The minimum absolute atomic E-state index is 0.411. The van der Waals surface area contributed by atoms with Gasteiger partial charge >= 0.3 is 0 Å². The maximum Gasteiger partial charge on any atom is 0.141 e. The van der Waals surface area contributed by atoms with Crippen LogP contribution >= 0.6 is 12.6 Å². The first-order valence-electron chi connectivity index (χ1n) is 7.32. The van der Waals surface area contributed by atoms with Crippen LogP contribution in [0.5, 0.6) is 0 Å². The molecule has 2 aliphatic rings. The molecular formula is C15H21N5S. The number of hydrogen-bond acceptors (Lipinski definition) is 5. The third-order valence-electron chi connectivity index (χ3n) is 4.45. The summed E-state index contributed by atoms with van der Waals surface area (Å²) in [6.07, 6.45) is 8.12. The van der Waals surface area contributed by atoms with E-state index < -0.39 is 0 Å². The Morgan fingerprint density at radius 2 is 2.24 bits per heavy atom. The molecule has 21 heavy (non-hydrogen) atoms. The van der Waals surface area contributed by atoms with Gasteiger partial charge in [-0.2, -0.15) is 12.6 Å². The van der Waals surface area contributed by atoms with Crippen molar-refractivity contribution in [1.82, 2.24) is 9.99 Å². The molecule has 1 aromatic rings. The highest BCUT2D eigenvalue weighted by molar-refractivity contribution is 7.80. The molecule has 0 radical (unpaired) electrons. The molecular weight excluding hydrogens is 282 g/mol. The van der Waals surface area contributed by atoms with Crippen LogP contribution in [0.2, 0.25) is 0 Å². The largest absolute Gasteiger partial charge is 0.346 e. The molecule has 1 aromatic heterocycles. The zero-order valence-electron chi connectivity index (χ0n) is 12.0. The van der Waals surface area contributed by atoms with Crippen molar-refractivity contribution in [2.45, 2.75) is 25.7 Å². The maximum atomic E-state index is 6.10. The van der Waals surface area contributed by atoms with Crippen LogP contribution in [0.4, 0.5) is 5.82 Å². The molecule has 0 bridgehead atoms. The van der Waals surface area contributed by atoms with Crippen molar-refractivity contribution >= 4 is 37.2 Å². The number of fused-ring (bicyclic) bond motifs is 1. The van der Waals surface area contributed by atoms with Crippen molar-refractivity contribution in [3.63, 3.8) is 0 Å². The van der Waals surface area contributed by atoms with Crippen molar-refractivity contribution in [2.75, 3.05) is 5.75 Å². The van der Waals surface area contributed by atoms with E-state index in [1.807, 2.05) is 12.3 Å². The Labute approximate surface area is 130 Å². The monoisotopic (exact) mass is 303 g/mol. The fraction of sp³-hybridized carbons (Fsp3) is 0.467. The van der Waals surface area contributed by atoms with Gasteiger partial charge in [0.05, 0.1) is 11.4 Å². The number of nitrogens with two attached hydrogens (primary N) is 1. The zero-order chi connectivity index (χ0) is 14.8. The third kappa shape index (κ3) is 2.65. The van der Waals surface area contributed by atoms with Gasteiger partial charge in [-0.25, -0.2) is 10.8 Å². The molecule has 0 spiro atoms. The van der Waals surface area contributed by atoms with Crippen molar-refractivity contribution in [2.24, 2.45) is 27.7 Å². The molecule has 1 saturated carbocycles. The number of thiol groups is 1. The topological polar surface area (TPSA) is 69.8 Å². The van der Waals surface area contributed by atoms with E-state index in [1.54, 1.807) is 11.3 Å². The van der Waals surface area contributed by atoms with E-state index in [2.05, 4.69) is 34.3 Å². The Balaban J connectivity index is 1.95. The van der Waals surface area contributed by atoms with Gasteiger partial charge in [-0.15, -0.1) is 0 Å². The Kier molecular flexibility index (Phi) is 4.17. The number of hydrazine groups is 1. The van der Waals surface area contributed by atoms with Crippen molar-refractivity contribution in [3.8, 4) is 0 Å². The summed E-state index contributed by atoms with van der Waals surface area (Å²) in [7, 11) is 0. The van der Waals surface area contributed by atoms with Crippen molar-refractivity contribution < 1.29 is 0 Å². The Bertz CT molecular complexity index is 581. The molecule has 2 heterocycles. The molecule has 1 aliphatic heterocycles. The van der Waals surface area contributed by atoms with Gasteiger partial charge in [-0.1, -0.05) is 0 Å². The Hall–Kier alpha value is -1.53. The first kappa shape index (κ1) is 14.4. The smallest absolute Gasteiger partial charge is 0.141 e. The van der Waals surface area contributed by atoms with Gasteiger partial charge in [0.15, 0.2) is 0 Å². The van der Waals surface area contributed by atoms with Gasteiger partial charge in [0, 0.05) is 17.7 Å². The number of aliphatic imine (C=N–C) groups is 2. The minimum Gasteiger partial charge on any atom is -0.346 e. The van der Waals surface area contributed by atoms with E-state index in [-0.39, 0.29) is 0 Å². The fourth-order valence-electron chi connectivity index (χ4n) is 3.26. The minimum atomic E-state index is 0.411. The van der Waals surface area contributed by atoms with Crippen LogP contribution in [-0.2, 0) is 0 Å². The Morgan fingerprint density at radius 1 is 1.48 bits per heavy atom. The lowest BCUT2D eigenvalue weighted by molar-refractivity contribution is 0.322. The standard InChI is InChI=1S/C15H21N5S/c1-17-13(11-4-2-10(8-21)3-5-11)14-12-6-7-18-15(12)19-9-20(14)16/h6-7,9-11,18,21H,1-5,8,16H2/b14-13-/t10-,11-. The fourth-order valence-corrected chi connectivity index (χ4v) is 3.63. The Morgan fingerprint density at radius 3 is 2.90 bits per heavy atom. The second-order valence-electron chi connectivity index (χ2n) is 5.68. The molecule has 0 aromatic carbocycles. The lowest BCUT2D eigenvalue weighted by Gasteiger charge is -2.31. The van der Waals surface area contributed by atoms with Gasteiger partial charge in [0.2, 0.25) is 0 Å². The van der Waals surface area contributed by atoms with E-state index in [9.17, 15) is 0 Å². The van der Waals surface area contributed by atoms with Crippen LogP contribution in [0.25, 0.3) is 5.70 Å². The van der Waals surface area contributed by atoms with Gasteiger partial charge in [0.1, 0.15) is 12.2 Å². The normalized spacial score (nSPS) is 27.4. The lowest BCUT2D eigenvalue weighted by Crippen LogP contribution is -2.31. The lowest BCUT2D eigenvalue weighted by atomic mass is 9.80. The summed E-state index contributed by atoms with van der Waals surface area (Å²) in [6, 6.07) is 1.99. The number of rotatable bonds is 3. The molecule has 6 heteroatoms. The zero-order valence-corrected chi connectivity index (χ0v) is 12.9. The number of hydrogen-bond donors (Lipinski definition) is 3. The number of aromatic nitrogens is 1. The SMILES string of the molecule is C=N/C(=C1/c2cc[nH]c2N=CN1N)[C@H]1CC[C@H](CS)CC1. The molecule has 1 aliphatic carbocycles. The van der Waals surface area contributed by atoms with Gasteiger partial charge in [0.25, 0.3) is 0 Å². The highest BCUT2D eigenvalue weighted by atomic mass is 32.1. The van der Waals surface area contributed by atoms with Gasteiger partial charge in [-0.3, -0.25) is 10.0 Å². The van der Waals surface area contributed by atoms with Crippen molar-refractivity contribution in [3.05, 3.63) is 23.5 Å². The summed E-state index contributed by atoms with van der Waals surface area (Å²) in [5.41, 5.74) is 2.91.